The summed E-state index contributed by atoms with van der Waals surface area (Å²) in [5, 5.41) is 6.74. The molecule has 0 bridgehead atoms. The van der Waals surface area contributed by atoms with E-state index in [1.807, 2.05) is 6.07 Å². The number of nitrogens with one attached hydrogen (secondary N) is 1. The Bertz CT molecular complexity index is 1010. The van der Waals surface area contributed by atoms with Crippen LogP contribution in [0.15, 0.2) is 33.8 Å². The van der Waals surface area contributed by atoms with Crippen molar-refractivity contribution in [1.82, 2.24) is 20.0 Å². The number of aryl methyl sites for hydroxylation is 1. The molecule has 0 saturated heterocycles. The minimum Gasteiger partial charge on any atom is -0.493 e. The SMILES string of the molecule is COc1cccc(CNC(=O)Cn2cnc3onc(C)c3c2=O)c1OC. The second-order valence-corrected chi connectivity index (χ2v) is 5.56. The van der Waals surface area contributed by atoms with Gasteiger partial charge < -0.3 is 19.3 Å². The third-order valence-corrected chi connectivity index (χ3v) is 3.91. The van der Waals surface area contributed by atoms with Crippen molar-refractivity contribution < 1.29 is 18.8 Å². The second kappa shape index (κ2) is 7.26. The predicted octanol–water partition coefficient (Wildman–Crippen LogP) is 1.03. The highest BCUT2D eigenvalue weighted by Crippen LogP contribution is 2.30. The fourth-order valence-corrected chi connectivity index (χ4v) is 2.62. The van der Waals surface area contributed by atoms with Gasteiger partial charge in [-0.25, -0.2) is 4.98 Å². The molecule has 0 aliphatic rings. The average Bonchev–Trinajstić information content (AvgIpc) is 3.03. The van der Waals surface area contributed by atoms with E-state index in [4.69, 9.17) is 14.0 Å². The molecule has 9 nitrogen and oxygen atoms in total. The van der Waals surface area contributed by atoms with E-state index in [1.54, 1.807) is 26.2 Å². The van der Waals surface area contributed by atoms with E-state index in [1.165, 1.54) is 18.0 Å². The van der Waals surface area contributed by atoms with E-state index in [9.17, 15) is 9.59 Å². The van der Waals surface area contributed by atoms with E-state index in [-0.39, 0.29) is 35.7 Å². The first kappa shape index (κ1) is 17.5. The largest absolute Gasteiger partial charge is 0.493 e. The number of aromatic nitrogens is 3. The molecule has 0 aliphatic heterocycles. The summed E-state index contributed by atoms with van der Waals surface area (Å²) in [7, 11) is 3.08. The van der Waals surface area contributed by atoms with Crippen LogP contribution in [0.5, 0.6) is 11.5 Å². The summed E-state index contributed by atoms with van der Waals surface area (Å²) in [4.78, 5) is 28.7. The van der Waals surface area contributed by atoms with Crippen LogP contribution in [0.25, 0.3) is 11.1 Å². The molecule has 9 heteroatoms. The number of methoxy groups -OCH3 is 2. The number of fused-ring (bicyclic) bond motifs is 1. The Labute approximate surface area is 148 Å². The standard InChI is InChI=1S/C17H18N4O5/c1-10-14-16(26-20-10)19-9-21(17(14)23)8-13(22)18-7-11-5-4-6-12(24-2)15(11)25-3/h4-6,9H,7-8H2,1-3H3,(H,18,22). The maximum absolute atomic E-state index is 12.4. The molecule has 26 heavy (non-hydrogen) atoms. The van der Waals surface area contributed by atoms with Crippen molar-refractivity contribution in [3.8, 4) is 11.5 Å². The first-order valence-electron chi connectivity index (χ1n) is 7.83. The molecule has 0 radical (unpaired) electrons. The van der Waals surface area contributed by atoms with Crippen molar-refractivity contribution in [3.63, 3.8) is 0 Å². The van der Waals surface area contributed by atoms with Crippen molar-refractivity contribution >= 4 is 17.0 Å². The monoisotopic (exact) mass is 358 g/mol. The minimum absolute atomic E-state index is 0.158. The highest BCUT2D eigenvalue weighted by Gasteiger charge is 2.15. The van der Waals surface area contributed by atoms with Gasteiger partial charge in [0.2, 0.25) is 5.91 Å². The Morgan fingerprint density at radius 1 is 1.31 bits per heavy atom. The van der Waals surface area contributed by atoms with Gasteiger partial charge in [-0.1, -0.05) is 17.3 Å². The summed E-state index contributed by atoms with van der Waals surface area (Å²) >= 11 is 0. The van der Waals surface area contributed by atoms with Gasteiger partial charge in [-0.2, -0.15) is 0 Å². The maximum atomic E-state index is 12.4. The Kier molecular flexibility index (Phi) is 4.87. The number of hydrogen-bond acceptors (Lipinski definition) is 7. The van der Waals surface area contributed by atoms with Gasteiger partial charge in [0.05, 0.1) is 19.9 Å². The molecule has 0 atom stereocenters. The summed E-state index contributed by atoms with van der Waals surface area (Å²) in [6.07, 6.45) is 1.26. The summed E-state index contributed by atoms with van der Waals surface area (Å²) < 4.78 is 16.7. The number of para-hydroxylation sites is 1. The van der Waals surface area contributed by atoms with E-state index >= 15 is 0 Å². The van der Waals surface area contributed by atoms with Crippen LogP contribution in [0, 0.1) is 6.92 Å². The van der Waals surface area contributed by atoms with E-state index in [0.717, 1.165) is 5.56 Å². The first-order chi connectivity index (χ1) is 12.5. The Morgan fingerprint density at radius 2 is 2.12 bits per heavy atom. The van der Waals surface area contributed by atoms with Crippen LogP contribution < -0.4 is 20.3 Å². The highest BCUT2D eigenvalue weighted by atomic mass is 16.5. The Balaban J connectivity index is 1.73. The summed E-state index contributed by atoms with van der Waals surface area (Å²) in [6.45, 7) is 1.71. The molecular weight excluding hydrogens is 340 g/mol. The van der Waals surface area contributed by atoms with Gasteiger partial charge in [0.1, 0.15) is 18.3 Å². The maximum Gasteiger partial charge on any atom is 0.267 e. The third-order valence-electron chi connectivity index (χ3n) is 3.91. The normalized spacial score (nSPS) is 10.7. The fraction of sp³-hybridized carbons (Fsp3) is 0.294. The molecule has 1 aromatic carbocycles. The zero-order valence-corrected chi connectivity index (χ0v) is 14.6. The van der Waals surface area contributed by atoms with Gasteiger partial charge in [-0.15, -0.1) is 0 Å². The number of amides is 1. The lowest BCUT2D eigenvalue weighted by molar-refractivity contribution is -0.121. The van der Waals surface area contributed by atoms with Crippen molar-refractivity contribution in [2.75, 3.05) is 14.2 Å². The smallest absolute Gasteiger partial charge is 0.267 e. The third kappa shape index (κ3) is 3.23. The molecule has 2 heterocycles. The molecule has 136 valence electrons. The molecule has 0 saturated carbocycles. The lowest BCUT2D eigenvalue weighted by Gasteiger charge is -2.13. The molecule has 3 rings (SSSR count). The van der Waals surface area contributed by atoms with Crippen LogP contribution >= 0.6 is 0 Å². The number of rotatable bonds is 6. The van der Waals surface area contributed by atoms with Gasteiger partial charge in [0, 0.05) is 12.1 Å². The molecular formula is C17H18N4O5. The minimum atomic E-state index is -0.372. The van der Waals surface area contributed by atoms with Gasteiger partial charge in [-0.05, 0) is 13.0 Å². The van der Waals surface area contributed by atoms with Crippen molar-refractivity contribution in [1.29, 1.82) is 0 Å². The van der Waals surface area contributed by atoms with E-state index in [0.29, 0.717) is 17.2 Å². The summed E-state index contributed by atoms with van der Waals surface area (Å²) in [6, 6.07) is 5.40. The van der Waals surface area contributed by atoms with Gasteiger partial charge >= 0.3 is 0 Å². The van der Waals surface area contributed by atoms with Crippen LogP contribution in [0.2, 0.25) is 0 Å². The first-order valence-corrected chi connectivity index (χ1v) is 7.83. The fourth-order valence-electron chi connectivity index (χ4n) is 2.62. The molecule has 1 amide bonds. The molecule has 0 aliphatic carbocycles. The topological polar surface area (TPSA) is 108 Å². The average molecular weight is 358 g/mol. The zero-order chi connectivity index (χ0) is 18.7. The van der Waals surface area contributed by atoms with Crippen molar-refractivity contribution in [2.24, 2.45) is 0 Å². The number of ether oxygens (including phenoxy) is 2. The molecule has 1 N–H and O–H groups in total. The second-order valence-electron chi connectivity index (χ2n) is 5.56. The van der Waals surface area contributed by atoms with Crippen LogP contribution in [-0.4, -0.2) is 34.8 Å². The summed E-state index contributed by atoms with van der Waals surface area (Å²) in [5.41, 5.74) is 0.984. The van der Waals surface area contributed by atoms with Crippen molar-refractivity contribution in [3.05, 3.63) is 46.1 Å². The zero-order valence-electron chi connectivity index (χ0n) is 14.6. The Morgan fingerprint density at radius 3 is 2.85 bits per heavy atom. The molecule has 2 aromatic heterocycles. The highest BCUT2D eigenvalue weighted by molar-refractivity contribution is 5.77. The van der Waals surface area contributed by atoms with Crippen LogP contribution in [0.4, 0.5) is 0 Å². The Hall–Kier alpha value is -3.36. The lowest BCUT2D eigenvalue weighted by Crippen LogP contribution is -2.32. The van der Waals surface area contributed by atoms with Crippen molar-refractivity contribution in [2.45, 2.75) is 20.0 Å². The lowest BCUT2D eigenvalue weighted by atomic mass is 10.2. The van der Waals surface area contributed by atoms with Crippen LogP contribution in [-0.2, 0) is 17.9 Å². The van der Waals surface area contributed by atoms with Gasteiger partial charge in [0.15, 0.2) is 11.5 Å². The number of benzene rings is 1. The number of nitrogens with zero attached hydrogens (tertiary/aromatic N) is 3. The quantitative estimate of drug-likeness (QED) is 0.701. The molecule has 0 unspecified atom stereocenters. The van der Waals surface area contributed by atoms with E-state index in [2.05, 4.69) is 15.5 Å². The molecule has 0 spiro atoms. The number of hydrogen-bond donors (Lipinski definition) is 1. The predicted molar refractivity (Wildman–Crippen MR) is 92.2 cm³/mol. The van der Waals surface area contributed by atoms with E-state index < -0.39 is 0 Å². The van der Waals surface area contributed by atoms with Crippen LogP contribution in [0.1, 0.15) is 11.3 Å². The number of carbonyl (C=O) groups excluding carboxylic acids is 1. The summed E-state index contributed by atoms with van der Waals surface area (Å²) in [5.74, 6) is 0.788. The molecule has 0 fully saturated rings. The van der Waals surface area contributed by atoms with Gasteiger partial charge in [0.25, 0.3) is 11.3 Å². The van der Waals surface area contributed by atoms with Gasteiger partial charge in [-0.3, -0.25) is 14.2 Å². The molecule has 3 aromatic rings. The van der Waals surface area contributed by atoms with Crippen LogP contribution in [0.3, 0.4) is 0 Å². The number of carbonyl (C=O) groups is 1.